The SMILES string of the molecule is Cc1ccc(S(=O)(=O)Nc2ccccc2F)cc1C(=O)N(C)c1ccccc1. The Labute approximate surface area is 163 Å². The fourth-order valence-corrected chi connectivity index (χ4v) is 3.79. The van der Waals surface area contributed by atoms with Crippen molar-refractivity contribution in [3.63, 3.8) is 0 Å². The highest BCUT2D eigenvalue weighted by Gasteiger charge is 2.21. The first-order valence-electron chi connectivity index (χ1n) is 8.51. The molecule has 0 aliphatic rings. The van der Waals surface area contributed by atoms with Gasteiger partial charge < -0.3 is 4.90 Å². The molecule has 3 rings (SSSR count). The monoisotopic (exact) mass is 398 g/mol. The molecule has 1 amide bonds. The molecule has 1 N–H and O–H groups in total. The third-order valence-corrected chi connectivity index (χ3v) is 5.68. The quantitative estimate of drug-likeness (QED) is 0.700. The number of nitrogens with zero attached hydrogens (tertiary/aromatic N) is 1. The molecule has 0 aliphatic carbocycles. The molecule has 0 aliphatic heterocycles. The predicted molar refractivity (Wildman–Crippen MR) is 108 cm³/mol. The van der Waals surface area contributed by atoms with Crippen LogP contribution in [0.4, 0.5) is 15.8 Å². The van der Waals surface area contributed by atoms with Crippen molar-refractivity contribution >= 4 is 27.3 Å². The van der Waals surface area contributed by atoms with Crippen LogP contribution < -0.4 is 9.62 Å². The Balaban J connectivity index is 1.95. The molecule has 0 fully saturated rings. The summed E-state index contributed by atoms with van der Waals surface area (Å²) in [5, 5.41) is 0. The largest absolute Gasteiger partial charge is 0.311 e. The number of rotatable bonds is 5. The number of benzene rings is 3. The molecule has 3 aromatic rings. The minimum absolute atomic E-state index is 0.119. The maximum Gasteiger partial charge on any atom is 0.262 e. The first kappa shape index (κ1) is 19.6. The van der Waals surface area contributed by atoms with E-state index in [9.17, 15) is 17.6 Å². The Morgan fingerprint density at radius 3 is 2.29 bits per heavy atom. The molecule has 0 saturated carbocycles. The van der Waals surface area contributed by atoms with E-state index in [-0.39, 0.29) is 22.1 Å². The third kappa shape index (κ3) is 4.04. The molecule has 5 nitrogen and oxygen atoms in total. The van der Waals surface area contributed by atoms with E-state index in [0.29, 0.717) is 11.3 Å². The van der Waals surface area contributed by atoms with E-state index in [2.05, 4.69) is 4.72 Å². The van der Waals surface area contributed by atoms with Crippen LogP contribution in [0.1, 0.15) is 15.9 Å². The van der Waals surface area contributed by atoms with E-state index in [0.717, 1.165) is 6.07 Å². The van der Waals surface area contributed by atoms with Crippen LogP contribution in [0, 0.1) is 12.7 Å². The van der Waals surface area contributed by atoms with Gasteiger partial charge in [-0.15, -0.1) is 0 Å². The molecule has 0 bridgehead atoms. The molecule has 7 heteroatoms. The van der Waals surface area contributed by atoms with Crippen molar-refractivity contribution < 1.29 is 17.6 Å². The number of carbonyl (C=O) groups is 1. The fourth-order valence-electron chi connectivity index (χ4n) is 2.70. The summed E-state index contributed by atoms with van der Waals surface area (Å²) in [7, 11) is -2.44. The van der Waals surface area contributed by atoms with Gasteiger partial charge >= 0.3 is 0 Å². The predicted octanol–water partition coefficient (Wildman–Crippen LogP) is 4.21. The van der Waals surface area contributed by atoms with Gasteiger partial charge in [-0.05, 0) is 48.9 Å². The Morgan fingerprint density at radius 1 is 0.964 bits per heavy atom. The van der Waals surface area contributed by atoms with Crippen molar-refractivity contribution in [3.8, 4) is 0 Å². The first-order chi connectivity index (χ1) is 13.3. The minimum Gasteiger partial charge on any atom is -0.311 e. The summed E-state index contributed by atoms with van der Waals surface area (Å²) in [4.78, 5) is 14.2. The van der Waals surface area contributed by atoms with Crippen LogP contribution in [0.25, 0.3) is 0 Å². The van der Waals surface area contributed by atoms with Crippen LogP contribution in [-0.4, -0.2) is 21.4 Å². The summed E-state index contributed by atoms with van der Waals surface area (Å²) in [6, 6.07) is 18.8. The van der Waals surface area contributed by atoms with Crippen molar-refractivity contribution in [1.82, 2.24) is 0 Å². The van der Waals surface area contributed by atoms with Gasteiger partial charge in [0.15, 0.2) is 0 Å². The summed E-state index contributed by atoms with van der Waals surface area (Å²) >= 11 is 0. The van der Waals surface area contributed by atoms with Gasteiger partial charge in [-0.2, -0.15) is 0 Å². The Morgan fingerprint density at radius 2 is 1.61 bits per heavy atom. The molecule has 28 heavy (non-hydrogen) atoms. The number of nitrogens with one attached hydrogen (secondary N) is 1. The molecule has 0 atom stereocenters. The zero-order valence-corrected chi connectivity index (χ0v) is 16.2. The number of para-hydroxylation sites is 2. The lowest BCUT2D eigenvalue weighted by molar-refractivity contribution is 0.0992. The molecule has 144 valence electrons. The van der Waals surface area contributed by atoms with Crippen molar-refractivity contribution in [1.29, 1.82) is 0 Å². The second-order valence-corrected chi connectivity index (χ2v) is 7.94. The van der Waals surface area contributed by atoms with E-state index in [4.69, 9.17) is 0 Å². The third-order valence-electron chi connectivity index (χ3n) is 4.32. The second kappa shape index (κ2) is 7.82. The number of amides is 1. The van der Waals surface area contributed by atoms with E-state index >= 15 is 0 Å². The van der Waals surface area contributed by atoms with Gasteiger partial charge in [0, 0.05) is 18.3 Å². The molecule has 0 spiro atoms. The van der Waals surface area contributed by atoms with Crippen LogP contribution >= 0.6 is 0 Å². The molecule has 0 unspecified atom stereocenters. The number of sulfonamides is 1. The lowest BCUT2D eigenvalue weighted by atomic mass is 10.1. The van der Waals surface area contributed by atoms with Crippen molar-refractivity contribution in [3.05, 3.63) is 89.7 Å². The van der Waals surface area contributed by atoms with Gasteiger partial charge in [-0.25, -0.2) is 12.8 Å². The van der Waals surface area contributed by atoms with E-state index in [1.54, 1.807) is 32.2 Å². The normalized spacial score (nSPS) is 11.1. The van der Waals surface area contributed by atoms with Gasteiger partial charge in [-0.3, -0.25) is 9.52 Å². The zero-order chi connectivity index (χ0) is 20.3. The van der Waals surface area contributed by atoms with Crippen molar-refractivity contribution in [2.24, 2.45) is 0 Å². The second-order valence-electron chi connectivity index (χ2n) is 6.26. The molecular weight excluding hydrogens is 379 g/mol. The highest BCUT2D eigenvalue weighted by atomic mass is 32.2. The minimum atomic E-state index is -4.06. The number of anilines is 2. The van der Waals surface area contributed by atoms with Crippen LogP contribution in [0.3, 0.4) is 0 Å². The maximum absolute atomic E-state index is 13.8. The molecule has 0 heterocycles. The van der Waals surface area contributed by atoms with Crippen LogP contribution in [0.15, 0.2) is 77.7 Å². The maximum atomic E-state index is 13.8. The van der Waals surface area contributed by atoms with Crippen LogP contribution in [0.2, 0.25) is 0 Å². The summed E-state index contributed by atoms with van der Waals surface area (Å²) in [5.41, 5.74) is 1.42. The topological polar surface area (TPSA) is 66.5 Å². The number of hydrogen-bond donors (Lipinski definition) is 1. The van der Waals surface area contributed by atoms with Gasteiger partial charge in [0.05, 0.1) is 10.6 Å². The zero-order valence-electron chi connectivity index (χ0n) is 15.4. The molecule has 0 aromatic heterocycles. The molecular formula is C21H19FN2O3S. The average Bonchev–Trinajstić information content (AvgIpc) is 2.69. The van der Waals surface area contributed by atoms with Gasteiger partial charge in [0.2, 0.25) is 0 Å². The Kier molecular flexibility index (Phi) is 5.46. The summed E-state index contributed by atoms with van der Waals surface area (Å²) in [6.45, 7) is 1.73. The van der Waals surface area contributed by atoms with Gasteiger partial charge in [0.25, 0.3) is 15.9 Å². The summed E-state index contributed by atoms with van der Waals surface area (Å²) in [6.07, 6.45) is 0. The van der Waals surface area contributed by atoms with Gasteiger partial charge in [-0.1, -0.05) is 36.4 Å². The lowest BCUT2D eigenvalue weighted by Crippen LogP contribution is -2.27. The highest BCUT2D eigenvalue weighted by molar-refractivity contribution is 7.92. The number of carbonyl (C=O) groups excluding carboxylic acids is 1. The first-order valence-corrected chi connectivity index (χ1v) is 9.99. The number of halogens is 1. The van der Waals surface area contributed by atoms with Crippen LogP contribution in [0.5, 0.6) is 0 Å². The smallest absolute Gasteiger partial charge is 0.262 e. The van der Waals surface area contributed by atoms with Gasteiger partial charge in [0.1, 0.15) is 5.82 Å². The Hall–Kier alpha value is -3.19. The fraction of sp³-hybridized carbons (Fsp3) is 0.0952. The summed E-state index contributed by atoms with van der Waals surface area (Å²) < 4.78 is 41.4. The Bertz CT molecular complexity index is 1120. The summed E-state index contributed by atoms with van der Waals surface area (Å²) in [5.74, 6) is -1.02. The van der Waals surface area contributed by atoms with Crippen molar-refractivity contribution in [2.75, 3.05) is 16.7 Å². The van der Waals surface area contributed by atoms with Crippen LogP contribution in [-0.2, 0) is 10.0 Å². The lowest BCUT2D eigenvalue weighted by Gasteiger charge is -2.19. The highest BCUT2D eigenvalue weighted by Crippen LogP contribution is 2.23. The average molecular weight is 398 g/mol. The van der Waals surface area contributed by atoms with Crippen molar-refractivity contribution in [2.45, 2.75) is 11.8 Å². The molecule has 0 radical (unpaired) electrons. The number of hydrogen-bond acceptors (Lipinski definition) is 3. The number of aryl methyl sites for hydroxylation is 1. The molecule has 3 aromatic carbocycles. The standard InChI is InChI=1S/C21H19FN2O3S/c1-15-12-13-17(28(26,27)23-20-11-7-6-10-19(20)22)14-18(15)21(25)24(2)16-8-4-3-5-9-16/h3-14,23H,1-2H3. The van der Waals surface area contributed by atoms with E-state index < -0.39 is 15.8 Å². The molecule has 0 saturated heterocycles. The van der Waals surface area contributed by atoms with E-state index in [1.807, 2.05) is 18.2 Å². The van der Waals surface area contributed by atoms with E-state index in [1.165, 1.54) is 35.2 Å².